The first-order valence-corrected chi connectivity index (χ1v) is 11.2. The summed E-state index contributed by atoms with van der Waals surface area (Å²) in [6.07, 6.45) is 1.42. The van der Waals surface area contributed by atoms with Gasteiger partial charge in [-0.2, -0.15) is 5.26 Å². The summed E-state index contributed by atoms with van der Waals surface area (Å²) in [5.74, 6) is 8.03. The van der Waals surface area contributed by atoms with E-state index in [0.717, 1.165) is 24.4 Å². The number of nitrogens with zero attached hydrogens (tertiary/aromatic N) is 1. The molecule has 0 aliphatic heterocycles. The lowest BCUT2D eigenvalue weighted by atomic mass is 10.2. The summed E-state index contributed by atoms with van der Waals surface area (Å²) in [4.78, 5) is 0. The second kappa shape index (κ2) is 9.08. The van der Waals surface area contributed by atoms with Crippen LogP contribution in [0.4, 0.5) is 0 Å². The van der Waals surface area contributed by atoms with E-state index in [1.165, 1.54) is 0 Å². The molecule has 0 saturated carbocycles. The zero-order valence-electron chi connectivity index (χ0n) is 15.7. The minimum atomic E-state index is -1.90. The van der Waals surface area contributed by atoms with Crippen LogP contribution >= 0.6 is 0 Å². The van der Waals surface area contributed by atoms with Crippen molar-refractivity contribution in [3.05, 3.63) is 23.7 Å². The minimum Gasteiger partial charge on any atom is -0.466 e. The molecule has 0 N–H and O–H groups in total. The molecule has 0 fully saturated rings. The third-order valence-corrected chi connectivity index (χ3v) is 8.78. The highest BCUT2D eigenvalue weighted by atomic mass is 28.4. The fraction of sp³-hybridized carbons (Fsp3) is 0.632. The van der Waals surface area contributed by atoms with Crippen LogP contribution in [-0.2, 0) is 15.6 Å². The van der Waals surface area contributed by atoms with E-state index in [4.69, 9.17) is 18.8 Å². The third-order valence-electron chi connectivity index (χ3n) is 4.30. The van der Waals surface area contributed by atoms with Gasteiger partial charge in [0.05, 0.1) is 6.07 Å². The van der Waals surface area contributed by atoms with Crippen molar-refractivity contribution in [3.8, 4) is 17.9 Å². The van der Waals surface area contributed by atoms with Crippen molar-refractivity contribution in [1.82, 2.24) is 0 Å². The van der Waals surface area contributed by atoms with E-state index < -0.39 is 8.32 Å². The Morgan fingerprint density at radius 3 is 2.50 bits per heavy atom. The van der Waals surface area contributed by atoms with E-state index in [2.05, 4.69) is 45.7 Å². The summed E-state index contributed by atoms with van der Waals surface area (Å²) in [7, 11) is -1.90. The molecule has 0 saturated heterocycles. The standard InChI is InChI=1S/C19H29NO3Si/c1-16-9-10-17(22-16)11-12-18(8-7-14-21-15-13-20)23-24(5,6)19(2,3)4/h9-10,18H,11-12,14-15H2,1-6H3. The molecule has 0 spiro atoms. The van der Waals surface area contributed by atoms with E-state index >= 15 is 0 Å². The molecular weight excluding hydrogens is 318 g/mol. The highest BCUT2D eigenvalue weighted by molar-refractivity contribution is 6.74. The van der Waals surface area contributed by atoms with Crippen LogP contribution < -0.4 is 0 Å². The molecule has 0 amide bonds. The number of furan rings is 1. The molecule has 1 rings (SSSR count). The number of hydrogen-bond donors (Lipinski definition) is 0. The van der Waals surface area contributed by atoms with Gasteiger partial charge in [-0.1, -0.05) is 32.6 Å². The van der Waals surface area contributed by atoms with Crippen LogP contribution in [-0.4, -0.2) is 27.6 Å². The van der Waals surface area contributed by atoms with Crippen LogP contribution in [0.5, 0.6) is 0 Å². The second-order valence-electron chi connectivity index (χ2n) is 7.39. The molecule has 1 atom stereocenters. The molecule has 0 aliphatic rings. The molecule has 1 unspecified atom stereocenters. The lowest BCUT2D eigenvalue weighted by Gasteiger charge is -2.38. The normalized spacial score (nSPS) is 13.0. The number of rotatable bonds is 7. The predicted octanol–water partition coefficient (Wildman–Crippen LogP) is 4.45. The first-order chi connectivity index (χ1) is 11.2. The Bertz CT molecular complexity index is 611. The van der Waals surface area contributed by atoms with Gasteiger partial charge in [-0.3, -0.25) is 0 Å². The van der Waals surface area contributed by atoms with Gasteiger partial charge in [-0.05, 0) is 43.6 Å². The van der Waals surface area contributed by atoms with E-state index in [1.807, 2.05) is 25.1 Å². The topological polar surface area (TPSA) is 55.4 Å². The van der Waals surface area contributed by atoms with E-state index in [-0.39, 0.29) is 24.4 Å². The molecule has 1 aromatic heterocycles. The SMILES string of the molecule is Cc1ccc(CCC(C#CCOCC#N)O[Si](C)(C)C(C)(C)C)o1. The molecule has 0 aromatic carbocycles. The van der Waals surface area contributed by atoms with Crippen molar-refractivity contribution in [1.29, 1.82) is 5.26 Å². The Morgan fingerprint density at radius 2 is 1.96 bits per heavy atom. The van der Waals surface area contributed by atoms with Crippen molar-refractivity contribution < 1.29 is 13.6 Å². The molecule has 132 valence electrons. The number of hydrogen-bond acceptors (Lipinski definition) is 4. The van der Waals surface area contributed by atoms with Crippen LogP contribution in [0.15, 0.2) is 16.5 Å². The van der Waals surface area contributed by atoms with Gasteiger partial charge < -0.3 is 13.6 Å². The Kier molecular flexibility index (Phi) is 7.76. The van der Waals surface area contributed by atoms with E-state index in [0.29, 0.717) is 0 Å². The molecular formula is C19H29NO3Si. The third kappa shape index (κ3) is 6.92. The van der Waals surface area contributed by atoms with Crippen molar-refractivity contribution in [3.63, 3.8) is 0 Å². The van der Waals surface area contributed by atoms with Gasteiger partial charge in [0.2, 0.25) is 0 Å². The number of aryl methyl sites for hydroxylation is 2. The van der Waals surface area contributed by atoms with Gasteiger partial charge in [0.1, 0.15) is 30.8 Å². The van der Waals surface area contributed by atoms with Crippen molar-refractivity contribution >= 4 is 8.32 Å². The molecule has 4 nitrogen and oxygen atoms in total. The van der Waals surface area contributed by atoms with E-state index in [1.54, 1.807) is 0 Å². The highest BCUT2D eigenvalue weighted by Crippen LogP contribution is 2.37. The summed E-state index contributed by atoms with van der Waals surface area (Å²) < 4.78 is 17.2. The van der Waals surface area contributed by atoms with Crippen LogP contribution in [0.2, 0.25) is 18.1 Å². The maximum atomic E-state index is 8.48. The van der Waals surface area contributed by atoms with Crippen LogP contribution in [0.25, 0.3) is 0 Å². The van der Waals surface area contributed by atoms with Crippen molar-refractivity contribution in [2.75, 3.05) is 13.2 Å². The lowest BCUT2D eigenvalue weighted by Crippen LogP contribution is -2.43. The van der Waals surface area contributed by atoms with E-state index in [9.17, 15) is 0 Å². The summed E-state index contributed by atoms with van der Waals surface area (Å²) in [6.45, 7) is 13.4. The molecule has 0 bridgehead atoms. The number of ether oxygens (including phenoxy) is 1. The largest absolute Gasteiger partial charge is 0.466 e. The quantitative estimate of drug-likeness (QED) is 0.415. The van der Waals surface area contributed by atoms with Gasteiger partial charge in [0, 0.05) is 6.42 Å². The molecule has 24 heavy (non-hydrogen) atoms. The first-order valence-electron chi connectivity index (χ1n) is 8.32. The van der Waals surface area contributed by atoms with Gasteiger partial charge in [-0.15, -0.1) is 0 Å². The summed E-state index contributed by atoms with van der Waals surface area (Å²) in [5.41, 5.74) is 0. The monoisotopic (exact) mass is 347 g/mol. The smallest absolute Gasteiger partial charge is 0.193 e. The van der Waals surface area contributed by atoms with Gasteiger partial charge in [-0.25, -0.2) is 0 Å². The Morgan fingerprint density at radius 1 is 1.25 bits per heavy atom. The molecule has 0 radical (unpaired) electrons. The average Bonchev–Trinajstić information content (AvgIpc) is 2.88. The zero-order valence-corrected chi connectivity index (χ0v) is 16.7. The molecule has 5 heteroatoms. The summed E-state index contributed by atoms with van der Waals surface area (Å²) >= 11 is 0. The van der Waals surface area contributed by atoms with Crippen molar-refractivity contribution in [2.24, 2.45) is 0 Å². The van der Waals surface area contributed by atoms with Gasteiger partial charge in [0.15, 0.2) is 8.32 Å². The second-order valence-corrected chi connectivity index (χ2v) is 12.1. The minimum absolute atomic E-state index is 0.0636. The maximum absolute atomic E-state index is 8.48. The summed E-state index contributed by atoms with van der Waals surface area (Å²) in [5, 5.41) is 8.61. The fourth-order valence-electron chi connectivity index (χ4n) is 1.89. The first kappa shape index (κ1) is 20.5. The predicted molar refractivity (Wildman–Crippen MR) is 98.0 cm³/mol. The van der Waals surface area contributed by atoms with Gasteiger partial charge in [0.25, 0.3) is 0 Å². The van der Waals surface area contributed by atoms with Crippen LogP contribution in [0.1, 0.15) is 38.7 Å². The van der Waals surface area contributed by atoms with Gasteiger partial charge >= 0.3 is 0 Å². The maximum Gasteiger partial charge on any atom is 0.193 e. The van der Waals surface area contributed by atoms with Crippen LogP contribution in [0.3, 0.4) is 0 Å². The van der Waals surface area contributed by atoms with Crippen LogP contribution in [0, 0.1) is 30.1 Å². The molecule has 0 aliphatic carbocycles. The number of nitriles is 1. The highest BCUT2D eigenvalue weighted by Gasteiger charge is 2.38. The van der Waals surface area contributed by atoms with Crippen molar-refractivity contribution in [2.45, 2.75) is 64.8 Å². The Balaban J connectivity index is 2.73. The zero-order chi connectivity index (χ0) is 18.2. The molecule has 1 heterocycles. The lowest BCUT2D eigenvalue weighted by molar-refractivity contribution is 0.200. The Hall–Kier alpha value is -1.53. The average molecular weight is 348 g/mol. The fourth-order valence-corrected chi connectivity index (χ4v) is 3.13. The summed E-state index contributed by atoms with van der Waals surface area (Å²) in [6, 6.07) is 5.91. The Labute approximate surface area is 147 Å². The molecule has 1 aromatic rings.